The highest BCUT2D eigenvalue weighted by molar-refractivity contribution is 8.27. The van der Waals surface area contributed by atoms with E-state index in [1.807, 2.05) is 24.3 Å². The summed E-state index contributed by atoms with van der Waals surface area (Å²) in [6.45, 7) is 2.98. The fourth-order valence-corrected chi connectivity index (χ4v) is 4.20. The second kappa shape index (κ2) is 7.75. The summed E-state index contributed by atoms with van der Waals surface area (Å²) in [7, 11) is 1.60. The first-order valence-corrected chi connectivity index (χ1v) is 9.73. The smallest absolute Gasteiger partial charge is 0.270 e. The number of ether oxygens (including phenoxy) is 2. The number of rotatable bonds is 4. The number of furan rings is 1. The quantitative estimate of drug-likeness (QED) is 0.573. The number of hydrogen-bond donors (Lipinski definition) is 0. The summed E-state index contributed by atoms with van der Waals surface area (Å²) in [5.74, 6) is 1.99. The van der Waals surface area contributed by atoms with Gasteiger partial charge in [-0.1, -0.05) is 24.0 Å². The minimum Gasteiger partial charge on any atom is -0.497 e. The van der Waals surface area contributed by atoms with Crippen LogP contribution >= 0.6 is 24.0 Å². The van der Waals surface area contributed by atoms with E-state index in [1.54, 1.807) is 25.3 Å². The zero-order chi connectivity index (χ0) is 18.8. The first-order valence-electron chi connectivity index (χ1n) is 8.50. The van der Waals surface area contributed by atoms with Gasteiger partial charge in [-0.15, -0.1) is 0 Å². The molecule has 0 saturated carbocycles. The molecule has 2 fully saturated rings. The molecule has 6 nitrogen and oxygen atoms in total. The van der Waals surface area contributed by atoms with Crippen molar-refractivity contribution in [2.24, 2.45) is 0 Å². The molecule has 140 valence electrons. The Morgan fingerprint density at radius 3 is 2.59 bits per heavy atom. The second-order valence-corrected chi connectivity index (χ2v) is 7.67. The van der Waals surface area contributed by atoms with Crippen molar-refractivity contribution in [2.75, 3.05) is 43.2 Å². The molecule has 0 unspecified atom stereocenters. The standard InChI is InChI=1S/C19H18N2O4S2/c1-23-14-4-2-13(3-5-14)21-18(22)16(27-19(21)26)12-15-6-7-17(25-15)20-8-10-24-11-9-20/h2-7,12H,8-11H2,1H3. The van der Waals surface area contributed by atoms with Gasteiger partial charge in [0.25, 0.3) is 5.91 Å². The molecule has 27 heavy (non-hydrogen) atoms. The van der Waals surface area contributed by atoms with Gasteiger partial charge in [0, 0.05) is 25.2 Å². The summed E-state index contributed by atoms with van der Waals surface area (Å²) in [5, 5.41) is 0. The molecule has 2 saturated heterocycles. The Morgan fingerprint density at radius 1 is 1.15 bits per heavy atom. The Morgan fingerprint density at radius 2 is 1.89 bits per heavy atom. The number of thiocarbonyl (C=S) groups is 1. The summed E-state index contributed by atoms with van der Waals surface area (Å²) in [6, 6.07) is 11.0. The summed E-state index contributed by atoms with van der Waals surface area (Å²) in [4.78, 5) is 17.0. The number of nitrogens with zero attached hydrogens (tertiary/aromatic N) is 2. The Balaban J connectivity index is 1.53. The fourth-order valence-electron chi connectivity index (χ4n) is 2.92. The lowest BCUT2D eigenvalue weighted by atomic mass is 10.2. The lowest BCUT2D eigenvalue weighted by Crippen LogP contribution is -2.35. The van der Waals surface area contributed by atoms with Crippen LogP contribution in [0.5, 0.6) is 5.75 Å². The summed E-state index contributed by atoms with van der Waals surface area (Å²) in [5.41, 5.74) is 0.718. The predicted molar refractivity (Wildman–Crippen MR) is 110 cm³/mol. The lowest BCUT2D eigenvalue weighted by molar-refractivity contribution is -0.113. The molecule has 0 bridgehead atoms. The number of thioether (sulfide) groups is 1. The first kappa shape index (κ1) is 18.1. The van der Waals surface area contributed by atoms with E-state index in [-0.39, 0.29) is 5.91 Å². The molecule has 4 rings (SSSR count). The maximum absolute atomic E-state index is 12.8. The average Bonchev–Trinajstić information content (AvgIpc) is 3.27. The Bertz CT molecular complexity index is 885. The molecule has 8 heteroatoms. The number of methoxy groups -OCH3 is 1. The highest BCUT2D eigenvalue weighted by Gasteiger charge is 2.33. The van der Waals surface area contributed by atoms with E-state index in [2.05, 4.69) is 4.90 Å². The van der Waals surface area contributed by atoms with E-state index >= 15 is 0 Å². The van der Waals surface area contributed by atoms with Crippen LogP contribution in [0.3, 0.4) is 0 Å². The Labute approximate surface area is 166 Å². The van der Waals surface area contributed by atoms with Gasteiger partial charge in [-0.25, -0.2) is 0 Å². The van der Waals surface area contributed by atoms with Crippen LogP contribution in [-0.2, 0) is 9.53 Å². The molecule has 0 aliphatic carbocycles. The molecule has 1 aromatic heterocycles. The third kappa shape index (κ3) is 3.73. The molecule has 2 aliphatic rings. The predicted octanol–water partition coefficient (Wildman–Crippen LogP) is 3.53. The number of anilines is 2. The van der Waals surface area contributed by atoms with Crippen LogP contribution < -0.4 is 14.5 Å². The van der Waals surface area contributed by atoms with Crippen LogP contribution in [0.4, 0.5) is 11.6 Å². The van der Waals surface area contributed by atoms with Gasteiger partial charge in [0.1, 0.15) is 11.5 Å². The van der Waals surface area contributed by atoms with Crippen LogP contribution in [0.25, 0.3) is 6.08 Å². The van der Waals surface area contributed by atoms with Crippen molar-refractivity contribution in [3.8, 4) is 5.75 Å². The van der Waals surface area contributed by atoms with Crippen LogP contribution in [0.1, 0.15) is 5.76 Å². The van der Waals surface area contributed by atoms with Crippen molar-refractivity contribution in [3.05, 3.63) is 47.1 Å². The minimum absolute atomic E-state index is 0.153. The summed E-state index contributed by atoms with van der Waals surface area (Å²) >= 11 is 6.68. The van der Waals surface area contributed by atoms with Gasteiger partial charge in [0.2, 0.25) is 0 Å². The van der Waals surface area contributed by atoms with E-state index in [4.69, 9.17) is 26.1 Å². The first-order chi connectivity index (χ1) is 13.2. The number of morpholine rings is 1. The molecule has 3 heterocycles. The summed E-state index contributed by atoms with van der Waals surface area (Å²) in [6.07, 6.45) is 1.74. The third-order valence-corrected chi connectivity index (χ3v) is 5.64. The molecular formula is C19H18N2O4S2. The van der Waals surface area contributed by atoms with Crippen molar-refractivity contribution in [2.45, 2.75) is 0 Å². The van der Waals surface area contributed by atoms with E-state index in [0.717, 1.165) is 30.4 Å². The van der Waals surface area contributed by atoms with Gasteiger partial charge in [0.05, 0.1) is 30.9 Å². The van der Waals surface area contributed by atoms with Crippen LogP contribution in [0.15, 0.2) is 45.7 Å². The maximum atomic E-state index is 12.8. The normalized spacial score (nSPS) is 19.2. The van der Waals surface area contributed by atoms with Crippen molar-refractivity contribution in [3.63, 3.8) is 0 Å². The number of amides is 1. The zero-order valence-electron chi connectivity index (χ0n) is 14.7. The van der Waals surface area contributed by atoms with Crippen molar-refractivity contribution >= 4 is 51.9 Å². The van der Waals surface area contributed by atoms with Crippen molar-refractivity contribution in [1.82, 2.24) is 0 Å². The molecule has 1 aromatic carbocycles. The molecule has 2 aliphatic heterocycles. The fraction of sp³-hybridized carbons (Fsp3) is 0.263. The number of benzene rings is 1. The van der Waals surface area contributed by atoms with E-state index in [0.29, 0.717) is 28.2 Å². The van der Waals surface area contributed by atoms with Crippen LogP contribution in [0, 0.1) is 0 Å². The van der Waals surface area contributed by atoms with Crippen LogP contribution in [0.2, 0.25) is 0 Å². The SMILES string of the molecule is COc1ccc(N2C(=O)C(=Cc3ccc(N4CCOCC4)o3)SC2=S)cc1. The molecule has 2 aromatic rings. The van der Waals surface area contributed by atoms with Gasteiger partial charge >= 0.3 is 0 Å². The second-order valence-electron chi connectivity index (χ2n) is 5.99. The highest BCUT2D eigenvalue weighted by Crippen LogP contribution is 2.37. The maximum Gasteiger partial charge on any atom is 0.270 e. The van der Waals surface area contributed by atoms with Crippen molar-refractivity contribution in [1.29, 1.82) is 0 Å². The zero-order valence-corrected chi connectivity index (χ0v) is 16.3. The summed E-state index contributed by atoms with van der Waals surface area (Å²) < 4.78 is 16.9. The van der Waals surface area contributed by atoms with Gasteiger partial charge in [-0.3, -0.25) is 9.69 Å². The number of hydrogen-bond acceptors (Lipinski definition) is 7. The highest BCUT2D eigenvalue weighted by atomic mass is 32.2. The molecule has 0 radical (unpaired) electrons. The van der Waals surface area contributed by atoms with Gasteiger partial charge in [-0.2, -0.15) is 0 Å². The van der Waals surface area contributed by atoms with Crippen molar-refractivity contribution < 1.29 is 18.7 Å². The minimum atomic E-state index is -0.153. The molecular weight excluding hydrogens is 384 g/mol. The topological polar surface area (TPSA) is 55.2 Å². The molecule has 0 spiro atoms. The van der Waals surface area contributed by atoms with Gasteiger partial charge < -0.3 is 18.8 Å². The van der Waals surface area contributed by atoms with Gasteiger partial charge in [0.15, 0.2) is 10.2 Å². The number of carbonyl (C=O) groups is 1. The molecule has 1 amide bonds. The van der Waals surface area contributed by atoms with E-state index in [1.165, 1.54) is 16.7 Å². The number of carbonyl (C=O) groups excluding carboxylic acids is 1. The molecule has 0 atom stereocenters. The average molecular weight is 402 g/mol. The van der Waals surface area contributed by atoms with Gasteiger partial charge in [-0.05, 0) is 30.3 Å². The monoisotopic (exact) mass is 402 g/mol. The lowest BCUT2D eigenvalue weighted by Gasteiger charge is -2.26. The Kier molecular flexibility index (Phi) is 5.20. The Hall–Kier alpha value is -2.29. The van der Waals surface area contributed by atoms with Crippen LogP contribution in [-0.4, -0.2) is 43.6 Å². The van der Waals surface area contributed by atoms with E-state index in [9.17, 15) is 4.79 Å². The van der Waals surface area contributed by atoms with E-state index < -0.39 is 0 Å². The largest absolute Gasteiger partial charge is 0.497 e. The molecule has 0 N–H and O–H groups in total. The third-order valence-electron chi connectivity index (χ3n) is 4.33.